The van der Waals surface area contributed by atoms with Gasteiger partial charge < -0.3 is 11.1 Å². The van der Waals surface area contributed by atoms with Gasteiger partial charge in [0, 0.05) is 12.2 Å². The number of nitrogen functional groups attached to an aromatic ring is 1. The summed E-state index contributed by atoms with van der Waals surface area (Å²) < 4.78 is 0. The molecule has 0 bridgehead atoms. The topological polar surface area (TPSA) is 50.9 Å². The Morgan fingerprint density at radius 2 is 1.94 bits per heavy atom. The molecule has 0 saturated heterocycles. The van der Waals surface area contributed by atoms with E-state index in [0.29, 0.717) is 11.9 Å². The number of benzene rings is 1. The summed E-state index contributed by atoms with van der Waals surface area (Å²) in [5.41, 5.74) is 8.08. The van der Waals surface area contributed by atoms with E-state index >= 15 is 0 Å². The average Bonchev–Trinajstić information content (AvgIpc) is 2.40. The van der Waals surface area contributed by atoms with Gasteiger partial charge in [-0.25, -0.2) is 4.98 Å². The Morgan fingerprint density at radius 3 is 2.67 bits per heavy atom. The molecule has 94 valence electrons. The highest BCUT2D eigenvalue weighted by atomic mass is 15.0. The minimum atomic E-state index is 0.372. The Kier molecular flexibility index (Phi) is 4.18. The van der Waals surface area contributed by atoms with Crippen LogP contribution in [-0.2, 0) is 6.42 Å². The zero-order valence-corrected chi connectivity index (χ0v) is 10.6. The third-order valence-corrected chi connectivity index (χ3v) is 2.95. The first-order valence-corrected chi connectivity index (χ1v) is 6.26. The van der Waals surface area contributed by atoms with E-state index in [0.717, 1.165) is 18.5 Å². The molecule has 1 unspecified atom stereocenters. The van der Waals surface area contributed by atoms with Crippen LogP contribution in [-0.4, -0.2) is 11.0 Å². The first kappa shape index (κ1) is 12.4. The van der Waals surface area contributed by atoms with Gasteiger partial charge in [-0.2, -0.15) is 0 Å². The summed E-state index contributed by atoms with van der Waals surface area (Å²) in [5, 5.41) is 3.39. The molecule has 1 atom stereocenters. The summed E-state index contributed by atoms with van der Waals surface area (Å²) in [6.45, 7) is 2.16. The van der Waals surface area contributed by atoms with Crippen LogP contribution >= 0.6 is 0 Å². The number of nitrogens with zero attached hydrogens (tertiary/aromatic N) is 1. The number of aromatic nitrogens is 1. The molecule has 1 aromatic carbocycles. The van der Waals surface area contributed by atoms with E-state index in [2.05, 4.69) is 41.5 Å². The van der Waals surface area contributed by atoms with E-state index < -0.39 is 0 Å². The first-order valence-electron chi connectivity index (χ1n) is 6.26. The number of anilines is 2. The molecule has 2 aromatic rings. The number of aryl methyl sites for hydroxylation is 1. The number of pyridine rings is 1. The van der Waals surface area contributed by atoms with E-state index in [1.165, 1.54) is 5.56 Å². The van der Waals surface area contributed by atoms with Gasteiger partial charge in [0.25, 0.3) is 0 Å². The number of hydrogen-bond acceptors (Lipinski definition) is 3. The lowest BCUT2D eigenvalue weighted by Crippen LogP contribution is -2.17. The van der Waals surface area contributed by atoms with E-state index in [4.69, 9.17) is 5.73 Å². The molecule has 3 nitrogen and oxygen atoms in total. The summed E-state index contributed by atoms with van der Waals surface area (Å²) in [5.74, 6) is 0.559. The predicted molar refractivity (Wildman–Crippen MR) is 76.5 cm³/mol. The molecule has 0 saturated carbocycles. The molecule has 0 amide bonds. The van der Waals surface area contributed by atoms with Gasteiger partial charge in [-0.1, -0.05) is 30.3 Å². The normalized spacial score (nSPS) is 12.1. The molecule has 3 N–H and O–H groups in total. The molecule has 0 aliphatic heterocycles. The lowest BCUT2D eigenvalue weighted by Gasteiger charge is -2.16. The summed E-state index contributed by atoms with van der Waals surface area (Å²) >= 11 is 0. The molecular formula is C15H19N3. The highest BCUT2D eigenvalue weighted by Gasteiger charge is 2.05. The molecule has 0 radical (unpaired) electrons. The minimum absolute atomic E-state index is 0.372. The van der Waals surface area contributed by atoms with E-state index in [9.17, 15) is 0 Å². The van der Waals surface area contributed by atoms with Crippen LogP contribution < -0.4 is 11.1 Å². The molecular weight excluding hydrogens is 222 g/mol. The third kappa shape index (κ3) is 3.48. The van der Waals surface area contributed by atoms with Gasteiger partial charge in [-0.05, 0) is 37.5 Å². The van der Waals surface area contributed by atoms with E-state index in [1.807, 2.05) is 18.2 Å². The molecule has 18 heavy (non-hydrogen) atoms. The van der Waals surface area contributed by atoms with Crippen molar-refractivity contribution < 1.29 is 0 Å². The number of nitrogens with one attached hydrogen (secondary N) is 1. The summed E-state index contributed by atoms with van der Waals surface area (Å²) in [6.07, 6.45) is 3.84. The molecule has 0 spiro atoms. The van der Waals surface area contributed by atoms with Gasteiger partial charge in [-0.15, -0.1) is 0 Å². The van der Waals surface area contributed by atoms with Gasteiger partial charge in [0.1, 0.15) is 5.82 Å². The van der Waals surface area contributed by atoms with Crippen LogP contribution in [0.2, 0.25) is 0 Å². The van der Waals surface area contributed by atoms with Crippen molar-refractivity contribution in [3.8, 4) is 0 Å². The van der Waals surface area contributed by atoms with Crippen LogP contribution in [0.4, 0.5) is 11.5 Å². The zero-order valence-electron chi connectivity index (χ0n) is 10.6. The Bertz CT molecular complexity index is 482. The first-order chi connectivity index (χ1) is 8.75. The molecule has 1 heterocycles. The van der Waals surface area contributed by atoms with Crippen LogP contribution in [0.3, 0.4) is 0 Å². The second-order valence-electron chi connectivity index (χ2n) is 4.51. The van der Waals surface area contributed by atoms with Crippen LogP contribution in [0.25, 0.3) is 0 Å². The van der Waals surface area contributed by atoms with Crippen molar-refractivity contribution in [3.63, 3.8) is 0 Å². The summed E-state index contributed by atoms with van der Waals surface area (Å²) in [7, 11) is 0. The van der Waals surface area contributed by atoms with Crippen molar-refractivity contribution in [2.75, 3.05) is 11.1 Å². The van der Waals surface area contributed by atoms with Crippen LogP contribution in [0.5, 0.6) is 0 Å². The highest BCUT2D eigenvalue weighted by Crippen LogP contribution is 2.16. The van der Waals surface area contributed by atoms with Crippen molar-refractivity contribution >= 4 is 11.5 Å². The third-order valence-electron chi connectivity index (χ3n) is 2.95. The Balaban J connectivity index is 1.86. The molecule has 3 heteroatoms. The lowest BCUT2D eigenvalue weighted by molar-refractivity contribution is 0.706. The summed E-state index contributed by atoms with van der Waals surface area (Å²) in [6, 6.07) is 14.7. The van der Waals surface area contributed by atoms with Crippen molar-refractivity contribution in [1.82, 2.24) is 4.98 Å². The maximum atomic E-state index is 5.80. The van der Waals surface area contributed by atoms with Gasteiger partial charge in [0.2, 0.25) is 0 Å². The van der Waals surface area contributed by atoms with Crippen molar-refractivity contribution in [3.05, 3.63) is 54.2 Å². The monoisotopic (exact) mass is 241 g/mol. The predicted octanol–water partition coefficient (Wildman–Crippen LogP) is 3.10. The fraction of sp³-hybridized carbons (Fsp3) is 0.267. The molecule has 0 aliphatic carbocycles. The average molecular weight is 241 g/mol. The fourth-order valence-corrected chi connectivity index (χ4v) is 1.91. The zero-order chi connectivity index (χ0) is 12.8. The largest absolute Gasteiger partial charge is 0.382 e. The maximum absolute atomic E-state index is 5.80. The van der Waals surface area contributed by atoms with E-state index in [-0.39, 0.29) is 0 Å². The standard InChI is InChI=1S/C15H19N3/c1-12(9-10-13-6-3-2-4-7-13)18-14-8-5-11-17-15(14)16/h2-8,11-12,18H,9-10H2,1H3,(H2,16,17). The van der Waals surface area contributed by atoms with E-state index in [1.54, 1.807) is 6.20 Å². The SMILES string of the molecule is CC(CCc1ccccc1)Nc1cccnc1N. The van der Waals surface area contributed by atoms with Gasteiger partial charge >= 0.3 is 0 Å². The Morgan fingerprint density at radius 1 is 1.17 bits per heavy atom. The van der Waals surface area contributed by atoms with Crippen molar-refractivity contribution in [1.29, 1.82) is 0 Å². The second-order valence-corrected chi connectivity index (χ2v) is 4.51. The molecule has 0 aliphatic rings. The molecule has 0 fully saturated rings. The van der Waals surface area contributed by atoms with Gasteiger partial charge in [0.15, 0.2) is 0 Å². The Hall–Kier alpha value is -2.03. The van der Waals surface area contributed by atoms with Gasteiger partial charge in [0.05, 0.1) is 5.69 Å². The molecule has 2 rings (SSSR count). The van der Waals surface area contributed by atoms with Gasteiger partial charge in [-0.3, -0.25) is 0 Å². The summed E-state index contributed by atoms with van der Waals surface area (Å²) in [4.78, 5) is 4.07. The number of nitrogens with two attached hydrogens (primary N) is 1. The van der Waals surface area contributed by atoms with Crippen LogP contribution in [0.15, 0.2) is 48.7 Å². The number of rotatable bonds is 5. The number of hydrogen-bond donors (Lipinski definition) is 2. The van der Waals surface area contributed by atoms with Crippen LogP contribution in [0, 0.1) is 0 Å². The smallest absolute Gasteiger partial charge is 0.146 e. The minimum Gasteiger partial charge on any atom is -0.382 e. The molecule has 1 aromatic heterocycles. The van der Waals surface area contributed by atoms with Crippen LogP contribution in [0.1, 0.15) is 18.9 Å². The lowest BCUT2D eigenvalue weighted by atomic mass is 10.1. The Labute approximate surface area is 108 Å². The second kappa shape index (κ2) is 6.05. The fourth-order valence-electron chi connectivity index (χ4n) is 1.91. The van der Waals surface area contributed by atoms with Crippen molar-refractivity contribution in [2.45, 2.75) is 25.8 Å². The van der Waals surface area contributed by atoms with Crippen molar-refractivity contribution in [2.24, 2.45) is 0 Å². The maximum Gasteiger partial charge on any atom is 0.146 e. The highest BCUT2D eigenvalue weighted by molar-refractivity contribution is 5.61. The quantitative estimate of drug-likeness (QED) is 0.845.